The molecule has 1 nitrogen and oxygen atoms in total. The van der Waals surface area contributed by atoms with E-state index in [0.29, 0.717) is 11.8 Å². The van der Waals surface area contributed by atoms with Crippen LogP contribution >= 0.6 is 0 Å². The molecule has 9 rings (SSSR count). The molecule has 0 N–H and O–H groups in total. The Morgan fingerprint density at radius 3 is 1.14 bits per heavy atom. The SMILES string of the molecule is c1ccc2cc(-c3ccc4cc(-c5ccc(N(c6ccc(C7CCCCC7)cc6)c6ccc(C7CCCCC7)cc6)cc5)ccc4c3)ccc2c1. The maximum atomic E-state index is 2.44. The maximum absolute atomic E-state index is 2.44. The molecule has 0 aliphatic heterocycles. The minimum atomic E-state index is 0.711. The van der Waals surface area contributed by atoms with Crippen molar-refractivity contribution >= 4 is 38.6 Å². The molecule has 0 bridgehead atoms. The fraction of sp³-hybridized carbons (Fsp3) is 0.240. The molecule has 0 atom stereocenters. The van der Waals surface area contributed by atoms with Crippen LogP contribution in [-0.2, 0) is 0 Å². The highest BCUT2D eigenvalue weighted by molar-refractivity contribution is 5.93. The number of rotatable bonds is 7. The first-order valence-corrected chi connectivity index (χ1v) is 19.4. The molecule has 2 aliphatic carbocycles. The molecule has 0 amide bonds. The Bertz CT molecular complexity index is 2190. The van der Waals surface area contributed by atoms with E-state index in [9.17, 15) is 0 Å². The predicted octanol–water partition coefficient (Wildman–Crippen LogP) is 14.9. The van der Waals surface area contributed by atoms with Crippen molar-refractivity contribution in [3.8, 4) is 22.3 Å². The smallest absolute Gasteiger partial charge is 0.0462 e. The van der Waals surface area contributed by atoms with Crippen molar-refractivity contribution in [1.29, 1.82) is 0 Å². The highest BCUT2D eigenvalue weighted by Gasteiger charge is 2.19. The van der Waals surface area contributed by atoms with Crippen molar-refractivity contribution in [2.45, 2.75) is 76.0 Å². The lowest BCUT2D eigenvalue weighted by Gasteiger charge is -2.28. The molecule has 2 saturated carbocycles. The first-order valence-electron chi connectivity index (χ1n) is 19.4. The monoisotopic (exact) mass is 661 g/mol. The highest BCUT2D eigenvalue weighted by atomic mass is 15.1. The summed E-state index contributed by atoms with van der Waals surface area (Å²) in [5.41, 5.74) is 11.6. The minimum Gasteiger partial charge on any atom is -0.311 e. The van der Waals surface area contributed by atoms with Gasteiger partial charge in [-0.15, -0.1) is 0 Å². The topological polar surface area (TPSA) is 3.24 Å². The molecule has 0 heterocycles. The van der Waals surface area contributed by atoms with Gasteiger partial charge >= 0.3 is 0 Å². The summed E-state index contributed by atoms with van der Waals surface area (Å²) in [5.74, 6) is 1.42. The van der Waals surface area contributed by atoms with E-state index in [4.69, 9.17) is 0 Å². The van der Waals surface area contributed by atoms with Crippen LogP contribution in [0.15, 0.2) is 152 Å². The van der Waals surface area contributed by atoms with Gasteiger partial charge in [-0.2, -0.15) is 0 Å². The lowest BCUT2D eigenvalue weighted by Crippen LogP contribution is -2.11. The number of fused-ring (bicyclic) bond motifs is 2. The van der Waals surface area contributed by atoms with Crippen LogP contribution in [0.4, 0.5) is 17.1 Å². The van der Waals surface area contributed by atoms with Crippen LogP contribution in [0.1, 0.15) is 87.2 Å². The second kappa shape index (κ2) is 14.2. The van der Waals surface area contributed by atoms with Gasteiger partial charge in [0.15, 0.2) is 0 Å². The summed E-state index contributed by atoms with van der Waals surface area (Å²) in [6, 6.07) is 57.2. The van der Waals surface area contributed by atoms with Crippen molar-refractivity contribution in [1.82, 2.24) is 0 Å². The van der Waals surface area contributed by atoms with Crippen LogP contribution in [0, 0.1) is 0 Å². The molecule has 0 spiro atoms. The van der Waals surface area contributed by atoms with Crippen molar-refractivity contribution < 1.29 is 0 Å². The van der Waals surface area contributed by atoms with E-state index in [1.807, 2.05) is 0 Å². The molecule has 51 heavy (non-hydrogen) atoms. The van der Waals surface area contributed by atoms with Crippen LogP contribution < -0.4 is 4.90 Å². The molecule has 7 aromatic carbocycles. The van der Waals surface area contributed by atoms with Gasteiger partial charge in [-0.3, -0.25) is 0 Å². The summed E-state index contributed by atoms with van der Waals surface area (Å²) >= 11 is 0. The summed E-state index contributed by atoms with van der Waals surface area (Å²) in [5, 5.41) is 5.08. The van der Waals surface area contributed by atoms with Gasteiger partial charge in [0.25, 0.3) is 0 Å². The average Bonchev–Trinajstić information content (AvgIpc) is 3.22. The molecule has 2 fully saturated rings. The minimum absolute atomic E-state index is 0.711. The van der Waals surface area contributed by atoms with Gasteiger partial charge in [-0.1, -0.05) is 136 Å². The zero-order valence-corrected chi connectivity index (χ0v) is 29.6. The summed E-state index contributed by atoms with van der Waals surface area (Å²) in [4.78, 5) is 2.44. The van der Waals surface area contributed by atoms with E-state index in [2.05, 4.69) is 157 Å². The van der Waals surface area contributed by atoms with Crippen molar-refractivity contribution in [2.75, 3.05) is 4.90 Å². The molecule has 0 saturated heterocycles. The van der Waals surface area contributed by atoms with E-state index in [-0.39, 0.29) is 0 Å². The molecule has 2 aliphatic rings. The third-order valence-electron chi connectivity index (χ3n) is 11.8. The quantitative estimate of drug-likeness (QED) is 0.164. The summed E-state index contributed by atoms with van der Waals surface area (Å²) in [6.45, 7) is 0. The third-order valence-corrected chi connectivity index (χ3v) is 11.8. The van der Waals surface area contributed by atoms with E-state index in [1.165, 1.54) is 136 Å². The van der Waals surface area contributed by atoms with E-state index in [0.717, 1.165) is 0 Å². The Hall–Kier alpha value is -5.14. The summed E-state index contributed by atoms with van der Waals surface area (Å²) in [6.07, 6.45) is 13.5. The zero-order chi connectivity index (χ0) is 34.0. The van der Waals surface area contributed by atoms with Crippen LogP contribution in [0.25, 0.3) is 43.8 Å². The third kappa shape index (κ3) is 6.71. The first kappa shape index (κ1) is 31.8. The molecule has 1 heteroatoms. The van der Waals surface area contributed by atoms with Gasteiger partial charge < -0.3 is 4.90 Å². The predicted molar refractivity (Wildman–Crippen MR) is 219 cm³/mol. The zero-order valence-electron chi connectivity index (χ0n) is 29.6. The molecule has 0 aromatic heterocycles. The van der Waals surface area contributed by atoms with Gasteiger partial charge in [0.05, 0.1) is 0 Å². The van der Waals surface area contributed by atoms with E-state index in [1.54, 1.807) is 0 Å². The van der Waals surface area contributed by atoms with Crippen molar-refractivity contribution in [3.63, 3.8) is 0 Å². The number of benzene rings is 7. The molecular weight excluding hydrogens is 615 g/mol. The first-order chi connectivity index (χ1) is 25.2. The molecule has 252 valence electrons. The van der Waals surface area contributed by atoms with Crippen LogP contribution in [0.3, 0.4) is 0 Å². The molecule has 0 unspecified atom stereocenters. The maximum Gasteiger partial charge on any atom is 0.0462 e. The highest BCUT2D eigenvalue weighted by Crippen LogP contribution is 2.40. The Morgan fingerprint density at radius 2 is 0.667 bits per heavy atom. The number of hydrogen-bond acceptors (Lipinski definition) is 1. The van der Waals surface area contributed by atoms with Crippen LogP contribution in [0.5, 0.6) is 0 Å². The lowest BCUT2D eigenvalue weighted by molar-refractivity contribution is 0.443. The molecule has 0 radical (unpaired) electrons. The number of anilines is 3. The van der Waals surface area contributed by atoms with Gasteiger partial charge in [-0.05, 0) is 147 Å². The Labute approximate surface area is 303 Å². The van der Waals surface area contributed by atoms with Gasteiger partial charge in [0.2, 0.25) is 0 Å². The van der Waals surface area contributed by atoms with Crippen LogP contribution in [-0.4, -0.2) is 0 Å². The second-order valence-corrected chi connectivity index (χ2v) is 15.1. The normalized spacial score (nSPS) is 15.7. The van der Waals surface area contributed by atoms with Crippen molar-refractivity contribution in [2.24, 2.45) is 0 Å². The summed E-state index contributed by atoms with van der Waals surface area (Å²) in [7, 11) is 0. The fourth-order valence-electron chi connectivity index (χ4n) is 8.89. The Balaban J connectivity index is 1.01. The van der Waals surface area contributed by atoms with Gasteiger partial charge in [0, 0.05) is 17.1 Å². The standard InChI is InChI=1S/C50H47N/c1-3-9-36(10-4-1)39-21-27-48(28-22-39)51(49-29-23-40(24-30-49)37-11-5-2-6-12-37)50-31-25-41(26-32-50)43-17-18-46-35-47(20-19-45(46)34-43)44-16-15-38-13-7-8-14-42(38)33-44/h7-8,13-37H,1-6,9-12H2. The Morgan fingerprint density at radius 1 is 0.314 bits per heavy atom. The largest absolute Gasteiger partial charge is 0.311 e. The van der Waals surface area contributed by atoms with E-state index >= 15 is 0 Å². The lowest BCUT2D eigenvalue weighted by atomic mass is 9.84. The van der Waals surface area contributed by atoms with E-state index < -0.39 is 0 Å². The molecular formula is C50H47N. The summed E-state index contributed by atoms with van der Waals surface area (Å²) < 4.78 is 0. The van der Waals surface area contributed by atoms with Crippen molar-refractivity contribution in [3.05, 3.63) is 163 Å². The van der Waals surface area contributed by atoms with Crippen LogP contribution in [0.2, 0.25) is 0 Å². The molecule has 7 aromatic rings. The van der Waals surface area contributed by atoms with Gasteiger partial charge in [0.1, 0.15) is 0 Å². The average molecular weight is 662 g/mol. The van der Waals surface area contributed by atoms with Gasteiger partial charge in [-0.25, -0.2) is 0 Å². The second-order valence-electron chi connectivity index (χ2n) is 15.1. The fourth-order valence-corrected chi connectivity index (χ4v) is 8.89. The number of hydrogen-bond donors (Lipinski definition) is 0. The number of nitrogens with zero attached hydrogens (tertiary/aromatic N) is 1. The Kier molecular flexibility index (Phi) is 8.88.